The van der Waals surface area contributed by atoms with Gasteiger partial charge in [0.1, 0.15) is 5.82 Å². The molecular formula is C23H21ClN4O. The Balaban J connectivity index is 1.40. The molecule has 5 rings (SSSR count). The molecule has 4 aromatic rings. The number of para-hydroxylation sites is 1. The molecule has 2 aromatic carbocycles. The molecule has 6 heteroatoms. The lowest BCUT2D eigenvalue weighted by Gasteiger charge is -2.36. The van der Waals surface area contributed by atoms with E-state index in [0.29, 0.717) is 11.6 Å². The SMILES string of the molecule is Clc1ccccc1CN1CCN(c2nc(-c3ccco3)nc3ccccc23)CC1. The van der Waals surface area contributed by atoms with Gasteiger partial charge >= 0.3 is 0 Å². The second-order valence-electron chi connectivity index (χ2n) is 7.22. The maximum absolute atomic E-state index is 6.34. The minimum absolute atomic E-state index is 0.627. The molecular weight excluding hydrogens is 384 g/mol. The molecule has 0 amide bonds. The van der Waals surface area contributed by atoms with E-state index in [2.05, 4.69) is 21.9 Å². The molecule has 146 valence electrons. The zero-order valence-corrected chi connectivity index (χ0v) is 16.7. The van der Waals surface area contributed by atoms with Gasteiger partial charge in [0.2, 0.25) is 0 Å². The van der Waals surface area contributed by atoms with E-state index in [0.717, 1.165) is 54.5 Å². The summed E-state index contributed by atoms with van der Waals surface area (Å²) in [5, 5.41) is 1.90. The second-order valence-corrected chi connectivity index (χ2v) is 7.63. The first kappa shape index (κ1) is 18.2. The van der Waals surface area contributed by atoms with Gasteiger partial charge in [0.25, 0.3) is 0 Å². The number of halogens is 1. The van der Waals surface area contributed by atoms with E-state index in [1.54, 1.807) is 6.26 Å². The van der Waals surface area contributed by atoms with Gasteiger partial charge in [-0.05, 0) is 35.9 Å². The summed E-state index contributed by atoms with van der Waals surface area (Å²) in [4.78, 5) is 14.4. The zero-order chi connectivity index (χ0) is 19.6. The van der Waals surface area contributed by atoms with Crippen molar-refractivity contribution >= 4 is 28.3 Å². The number of nitrogens with zero attached hydrogens (tertiary/aromatic N) is 4. The van der Waals surface area contributed by atoms with Gasteiger partial charge < -0.3 is 9.32 Å². The molecule has 0 saturated carbocycles. The second kappa shape index (κ2) is 7.85. The molecule has 0 radical (unpaired) electrons. The van der Waals surface area contributed by atoms with Crippen LogP contribution >= 0.6 is 11.6 Å². The first-order chi connectivity index (χ1) is 14.3. The van der Waals surface area contributed by atoms with Crippen LogP contribution in [0, 0.1) is 0 Å². The number of furan rings is 1. The normalized spacial score (nSPS) is 15.1. The highest BCUT2D eigenvalue weighted by Gasteiger charge is 2.22. The van der Waals surface area contributed by atoms with Crippen LogP contribution in [0.2, 0.25) is 5.02 Å². The van der Waals surface area contributed by atoms with Crippen molar-refractivity contribution in [1.29, 1.82) is 0 Å². The minimum Gasteiger partial charge on any atom is -0.461 e. The van der Waals surface area contributed by atoms with Gasteiger partial charge in [0.05, 0.1) is 11.8 Å². The van der Waals surface area contributed by atoms with E-state index in [1.807, 2.05) is 48.5 Å². The fraction of sp³-hybridized carbons (Fsp3) is 0.217. The van der Waals surface area contributed by atoms with Crippen LogP contribution < -0.4 is 4.90 Å². The predicted molar refractivity (Wildman–Crippen MR) is 116 cm³/mol. The maximum Gasteiger partial charge on any atom is 0.198 e. The minimum atomic E-state index is 0.627. The summed E-state index contributed by atoms with van der Waals surface area (Å²) in [5.41, 5.74) is 2.11. The summed E-state index contributed by atoms with van der Waals surface area (Å²) in [5.74, 6) is 2.29. The highest BCUT2D eigenvalue weighted by atomic mass is 35.5. The summed E-state index contributed by atoms with van der Waals surface area (Å²) in [6.07, 6.45) is 1.65. The molecule has 0 bridgehead atoms. The van der Waals surface area contributed by atoms with Crippen molar-refractivity contribution in [3.63, 3.8) is 0 Å². The molecule has 1 aliphatic heterocycles. The highest BCUT2D eigenvalue weighted by molar-refractivity contribution is 6.31. The van der Waals surface area contributed by atoms with E-state index in [-0.39, 0.29) is 0 Å². The molecule has 5 nitrogen and oxygen atoms in total. The smallest absolute Gasteiger partial charge is 0.198 e. The lowest BCUT2D eigenvalue weighted by atomic mass is 10.1. The average molecular weight is 405 g/mol. The van der Waals surface area contributed by atoms with Crippen molar-refractivity contribution in [2.75, 3.05) is 31.1 Å². The van der Waals surface area contributed by atoms with Gasteiger partial charge in [-0.3, -0.25) is 4.90 Å². The predicted octanol–water partition coefficient (Wildman–Crippen LogP) is 4.87. The van der Waals surface area contributed by atoms with Crippen molar-refractivity contribution in [1.82, 2.24) is 14.9 Å². The lowest BCUT2D eigenvalue weighted by molar-refractivity contribution is 0.249. The number of hydrogen-bond acceptors (Lipinski definition) is 5. The Bertz CT molecular complexity index is 1120. The Hall–Kier alpha value is -2.89. The standard InChI is InChI=1S/C23H21ClN4O/c24-19-8-3-1-6-17(19)16-27-11-13-28(14-12-27)23-18-7-2-4-9-20(18)25-22(26-23)21-10-5-15-29-21/h1-10,15H,11-14,16H2. The molecule has 1 saturated heterocycles. The fourth-order valence-electron chi connectivity index (χ4n) is 3.80. The number of aromatic nitrogens is 2. The zero-order valence-electron chi connectivity index (χ0n) is 16.0. The van der Waals surface area contributed by atoms with Crippen LogP contribution in [0.1, 0.15) is 5.56 Å². The van der Waals surface area contributed by atoms with E-state index in [1.165, 1.54) is 5.56 Å². The molecule has 0 spiro atoms. The van der Waals surface area contributed by atoms with E-state index in [9.17, 15) is 0 Å². The van der Waals surface area contributed by atoms with Crippen LogP contribution in [0.25, 0.3) is 22.5 Å². The molecule has 0 unspecified atom stereocenters. The number of rotatable bonds is 4. The van der Waals surface area contributed by atoms with Gasteiger partial charge in [-0.25, -0.2) is 9.97 Å². The summed E-state index contributed by atoms with van der Waals surface area (Å²) in [6, 6.07) is 20.0. The number of anilines is 1. The monoisotopic (exact) mass is 404 g/mol. The third kappa shape index (κ3) is 3.71. The largest absolute Gasteiger partial charge is 0.461 e. The summed E-state index contributed by atoms with van der Waals surface area (Å²) >= 11 is 6.34. The van der Waals surface area contributed by atoms with Crippen LogP contribution in [0.4, 0.5) is 5.82 Å². The van der Waals surface area contributed by atoms with Crippen LogP contribution in [-0.2, 0) is 6.54 Å². The van der Waals surface area contributed by atoms with Gasteiger partial charge in [-0.1, -0.05) is 41.9 Å². The maximum atomic E-state index is 6.34. The molecule has 3 heterocycles. The molecule has 1 aliphatic rings. The van der Waals surface area contributed by atoms with Gasteiger partial charge in [0, 0.05) is 43.1 Å². The summed E-state index contributed by atoms with van der Waals surface area (Å²) in [7, 11) is 0. The first-order valence-corrected chi connectivity index (χ1v) is 10.2. The topological polar surface area (TPSA) is 45.4 Å². The Morgan fingerprint density at radius 3 is 2.45 bits per heavy atom. The Labute approximate surface area is 174 Å². The van der Waals surface area contributed by atoms with Crippen molar-refractivity contribution in [3.05, 3.63) is 77.5 Å². The summed E-state index contributed by atoms with van der Waals surface area (Å²) in [6.45, 7) is 4.60. The van der Waals surface area contributed by atoms with Crippen LogP contribution in [0.3, 0.4) is 0 Å². The molecule has 0 atom stereocenters. The van der Waals surface area contributed by atoms with E-state index >= 15 is 0 Å². The third-order valence-electron chi connectivity index (χ3n) is 5.35. The van der Waals surface area contributed by atoms with Gasteiger partial charge in [-0.2, -0.15) is 0 Å². The van der Waals surface area contributed by atoms with Crippen LogP contribution in [0.5, 0.6) is 0 Å². The lowest BCUT2D eigenvalue weighted by Crippen LogP contribution is -2.46. The molecule has 0 aliphatic carbocycles. The van der Waals surface area contributed by atoms with Gasteiger partial charge in [0.15, 0.2) is 11.6 Å². The summed E-state index contributed by atoms with van der Waals surface area (Å²) < 4.78 is 5.54. The quantitative estimate of drug-likeness (QED) is 0.485. The van der Waals surface area contributed by atoms with Crippen molar-refractivity contribution in [3.8, 4) is 11.6 Å². The third-order valence-corrected chi connectivity index (χ3v) is 5.72. The Kier molecular flexibility index (Phi) is 4.92. The number of benzene rings is 2. The van der Waals surface area contributed by atoms with E-state index < -0.39 is 0 Å². The Morgan fingerprint density at radius 1 is 0.862 bits per heavy atom. The van der Waals surface area contributed by atoms with Crippen LogP contribution in [0.15, 0.2) is 71.3 Å². The molecule has 29 heavy (non-hydrogen) atoms. The number of piperazine rings is 1. The fourth-order valence-corrected chi connectivity index (χ4v) is 4.00. The molecule has 0 N–H and O–H groups in total. The number of hydrogen-bond donors (Lipinski definition) is 0. The average Bonchev–Trinajstić information content (AvgIpc) is 3.30. The molecule has 1 fully saturated rings. The van der Waals surface area contributed by atoms with Gasteiger partial charge in [-0.15, -0.1) is 0 Å². The Morgan fingerprint density at radius 2 is 1.66 bits per heavy atom. The molecule has 2 aromatic heterocycles. The highest BCUT2D eigenvalue weighted by Crippen LogP contribution is 2.29. The number of fused-ring (bicyclic) bond motifs is 1. The van der Waals surface area contributed by atoms with Crippen molar-refractivity contribution in [2.24, 2.45) is 0 Å². The van der Waals surface area contributed by atoms with Crippen molar-refractivity contribution in [2.45, 2.75) is 6.54 Å². The first-order valence-electron chi connectivity index (χ1n) is 9.79. The van der Waals surface area contributed by atoms with E-state index in [4.69, 9.17) is 26.0 Å². The van der Waals surface area contributed by atoms with Crippen molar-refractivity contribution < 1.29 is 4.42 Å². The van der Waals surface area contributed by atoms with Crippen LogP contribution in [-0.4, -0.2) is 41.0 Å².